The van der Waals surface area contributed by atoms with Crippen LogP contribution in [0, 0.1) is 11.6 Å². The van der Waals surface area contributed by atoms with Gasteiger partial charge in [0.05, 0.1) is 5.52 Å². The van der Waals surface area contributed by atoms with Gasteiger partial charge in [-0.05, 0) is 12.1 Å². The molecule has 2 heterocycles. The highest BCUT2D eigenvalue weighted by molar-refractivity contribution is 6.01. The van der Waals surface area contributed by atoms with E-state index < -0.39 is 46.9 Å². The summed E-state index contributed by atoms with van der Waals surface area (Å²) in [6, 6.07) is 3.03. The van der Waals surface area contributed by atoms with Crippen molar-refractivity contribution in [3.8, 4) is 5.75 Å². The van der Waals surface area contributed by atoms with Crippen LogP contribution in [0.5, 0.6) is 5.75 Å². The molecule has 0 radical (unpaired) electrons. The molecule has 1 amide bonds. The molecule has 0 saturated heterocycles. The lowest BCUT2D eigenvalue weighted by Crippen LogP contribution is -2.36. The summed E-state index contributed by atoms with van der Waals surface area (Å²) in [6.07, 6.45) is 0. The van der Waals surface area contributed by atoms with Crippen LogP contribution in [0.15, 0.2) is 23.0 Å². The van der Waals surface area contributed by atoms with Crippen molar-refractivity contribution < 1.29 is 28.6 Å². The number of aliphatic carboxylic acids is 1. The molecule has 8 nitrogen and oxygen atoms in total. The van der Waals surface area contributed by atoms with Gasteiger partial charge in [0.25, 0.3) is 11.5 Å². The van der Waals surface area contributed by atoms with Crippen molar-refractivity contribution in [2.24, 2.45) is 7.05 Å². The van der Waals surface area contributed by atoms with Gasteiger partial charge in [-0.25, -0.2) is 18.0 Å². The molecule has 3 N–H and O–H groups in total. The monoisotopic (exact) mass is 351 g/mol. The summed E-state index contributed by atoms with van der Waals surface area (Å²) >= 11 is 0. The lowest BCUT2D eigenvalue weighted by molar-refractivity contribution is -0.135. The van der Waals surface area contributed by atoms with Crippen molar-refractivity contribution in [1.82, 2.24) is 14.5 Å². The molecule has 0 spiro atoms. The minimum Gasteiger partial charge on any atom is -0.505 e. The average molecular weight is 351 g/mol. The Morgan fingerprint density at radius 1 is 1.16 bits per heavy atom. The number of nitrogens with zero attached hydrogens (tertiary/aromatic N) is 2. The van der Waals surface area contributed by atoms with Crippen LogP contribution in [0.2, 0.25) is 0 Å². The van der Waals surface area contributed by atoms with Crippen molar-refractivity contribution in [2.75, 3.05) is 6.54 Å². The summed E-state index contributed by atoms with van der Waals surface area (Å²) in [6.45, 7) is -0.744. The molecule has 0 aliphatic rings. The molecule has 0 atom stereocenters. The fourth-order valence-electron chi connectivity index (χ4n) is 2.61. The van der Waals surface area contributed by atoms with Crippen molar-refractivity contribution in [1.29, 1.82) is 0 Å². The Morgan fingerprint density at radius 3 is 2.44 bits per heavy atom. The largest absolute Gasteiger partial charge is 0.505 e. The van der Waals surface area contributed by atoms with Gasteiger partial charge in [0, 0.05) is 18.5 Å². The van der Waals surface area contributed by atoms with Crippen molar-refractivity contribution >= 4 is 28.3 Å². The average Bonchev–Trinajstić information content (AvgIpc) is 2.90. The Kier molecular flexibility index (Phi) is 3.67. The number of nitrogens with one attached hydrogen (secondary N) is 1. The van der Waals surface area contributed by atoms with E-state index in [-0.39, 0.29) is 16.4 Å². The maximum Gasteiger partial charge on any atom is 0.322 e. The summed E-state index contributed by atoms with van der Waals surface area (Å²) in [5, 5.41) is 21.1. The molecule has 0 bridgehead atoms. The molecule has 130 valence electrons. The van der Waals surface area contributed by atoms with Crippen LogP contribution in [-0.4, -0.2) is 37.8 Å². The molecule has 3 aromatic rings. The highest BCUT2D eigenvalue weighted by atomic mass is 19.2. The number of carbonyl (C=O) groups is 2. The summed E-state index contributed by atoms with van der Waals surface area (Å²) in [5.74, 6) is -5.37. The Labute approximate surface area is 137 Å². The molecular weight excluding hydrogens is 340 g/mol. The van der Waals surface area contributed by atoms with Crippen molar-refractivity contribution in [3.05, 3.63) is 45.8 Å². The van der Waals surface area contributed by atoms with Gasteiger partial charge in [-0.3, -0.25) is 14.4 Å². The van der Waals surface area contributed by atoms with E-state index in [0.29, 0.717) is 0 Å². The van der Waals surface area contributed by atoms with E-state index in [1.54, 1.807) is 0 Å². The van der Waals surface area contributed by atoms with Crippen LogP contribution >= 0.6 is 0 Å². The highest BCUT2D eigenvalue weighted by Gasteiger charge is 2.23. The number of aromatic hydroxyl groups is 1. The van der Waals surface area contributed by atoms with Gasteiger partial charge in [0.15, 0.2) is 17.4 Å². The molecule has 0 aliphatic carbocycles. The fourth-order valence-corrected chi connectivity index (χ4v) is 2.61. The molecule has 10 heteroatoms. The van der Waals surface area contributed by atoms with Crippen LogP contribution in [0.25, 0.3) is 16.4 Å². The Hall–Kier alpha value is -3.43. The number of rotatable bonds is 3. The third-order valence-corrected chi connectivity index (χ3v) is 3.73. The standard InChI is InChI=1S/C15H11F2N3O5/c1-19-15(25)12(14(24)18-5-11(21)22)13(23)10-3-6-2-7(16)8(17)4-9(6)20(10)19/h2-4,23H,5H2,1H3,(H,18,24)(H,21,22). The van der Waals surface area contributed by atoms with Crippen LogP contribution in [0.1, 0.15) is 10.4 Å². The number of carboxylic acid groups (broad SMARTS) is 1. The molecule has 0 aliphatic heterocycles. The summed E-state index contributed by atoms with van der Waals surface area (Å²) in [5.41, 5.74) is -1.53. The van der Waals surface area contributed by atoms with Crippen LogP contribution in [0.3, 0.4) is 0 Å². The molecular formula is C15H11F2N3O5. The van der Waals surface area contributed by atoms with E-state index in [0.717, 1.165) is 21.3 Å². The van der Waals surface area contributed by atoms with Gasteiger partial charge in [-0.1, -0.05) is 0 Å². The Bertz CT molecular complexity index is 1120. The number of aromatic nitrogens is 2. The second-order valence-electron chi connectivity index (χ2n) is 5.30. The molecule has 2 aromatic heterocycles. The number of aryl methyl sites for hydroxylation is 1. The van der Waals surface area contributed by atoms with E-state index in [2.05, 4.69) is 0 Å². The normalized spacial score (nSPS) is 11.2. The van der Waals surface area contributed by atoms with Gasteiger partial charge in [0.1, 0.15) is 17.6 Å². The van der Waals surface area contributed by atoms with E-state index in [1.807, 2.05) is 5.32 Å². The zero-order chi connectivity index (χ0) is 18.5. The second-order valence-corrected chi connectivity index (χ2v) is 5.30. The SMILES string of the molecule is Cn1c(=O)c(C(=O)NCC(=O)O)c(O)c2cc3cc(F)c(F)cc3n21. The highest BCUT2D eigenvalue weighted by Crippen LogP contribution is 2.29. The maximum atomic E-state index is 13.5. The van der Waals surface area contributed by atoms with Gasteiger partial charge in [-0.15, -0.1) is 0 Å². The van der Waals surface area contributed by atoms with E-state index >= 15 is 0 Å². The number of benzene rings is 1. The van der Waals surface area contributed by atoms with Crippen LogP contribution in [-0.2, 0) is 11.8 Å². The zero-order valence-electron chi connectivity index (χ0n) is 12.7. The summed E-state index contributed by atoms with van der Waals surface area (Å²) < 4.78 is 29.0. The second kappa shape index (κ2) is 5.58. The van der Waals surface area contributed by atoms with Gasteiger partial charge in [0.2, 0.25) is 0 Å². The number of fused-ring (bicyclic) bond motifs is 3. The van der Waals surface area contributed by atoms with Crippen molar-refractivity contribution in [3.63, 3.8) is 0 Å². The fraction of sp³-hybridized carbons (Fsp3) is 0.133. The quantitative estimate of drug-likeness (QED) is 0.639. The maximum absolute atomic E-state index is 13.5. The third-order valence-electron chi connectivity index (χ3n) is 3.73. The topological polar surface area (TPSA) is 113 Å². The first-order valence-corrected chi connectivity index (χ1v) is 6.94. The molecule has 25 heavy (non-hydrogen) atoms. The van der Waals surface area contributed by atoms with Crippen molar-refractivity contribution in [2.45, 2.75) is 0 Å². The molecule has 0 saturated carbocycles. The smallest absolute Gasteiger partial charge is 0.322 e. The number of carboxylic acids is 1. The first kappa shape index (κ1) is 16.4. The van der Waals surface area contributed by atoms with Crippen LogP contribution in [0.4, 0.5) is 8.78 Å². The van der Waals surface area contributed by atoms with Gasteiger partial charge >= 0.3 is 5.97 Å². The Morgan fingerprint density at radius 2 is 1.80 bits per heavy atom. The minimum atomic E-state index is -1.33. The molecule has 1 aromatic carbocycles. The number of hydrogen-bond donors (Lipinski definition) is 3. The predicted octanol–water partition coefficient (Wildman–Crippen LogP) is 0.589. The first-order valence-electron chi connectivity index (χ1n) is 6.94. The Balaban J connectivity index is 2.32. The van der Waals surface area contributed by atoms with Gasteiger partial charge in [-0.2, -0.15) is 0 Å². The zero-order valence-corrected chi connectivity index (χ0v) is 12.7. The summed E-state index contributed by atoms with van der Waals surface area (Å²) in [7, 11) is 1.27. The predicted molar refractivity (Wildman–Crippen MR) is 81.7 cm³/mol. The number of carbonyl (C=O) groups excluding carboxylic acids is 1. The first-order chi connectivity index (χ1) is 11.7. The van der Waals surface area contributed by atoms with E-state index in [9.17, 15) is 28.3 Å². The number of halogens is 2. The number of amides is 1. The van der Waals surface area contributed by atoms with Gasteiger partial charge < -0.3 is 15.5 Å². The van der Waals surface area contributed by atoms with E-state index in [1.165, 1.54) is 13.1 Å². The summed E-state index contributed by atoms with van der Waals surface area (Å²) in [4.78, 5) is 35.0. The van der Waals surface area contributed by atoms with E-state index in [4.69, 9.17) is 5.11 Å². The molecule has 0 fully saturated rings. The molecule has 3 rings (SSSR count). The lowest BCUT2D eigenvalue weighted by atomic mass is 10.2. The van der Waals surface area contributed by atoms with Crippen LogP contribution < -0.4 is 10.9 Å². The molecule has 0 unspecified atom stereocenters. The third kappa shape index (κ3) is 2.47. The lowest BCUT2D eigenvalue weighted by Gasteiger charge is -2.11. The minimum absolute atomic E-state index is 0.0393. The number of hydrogen-bond acceptors (Lipinski definition) is 4.